The van der Waals surface area contributed by atoms with Crippen molar-refractivity contribution in [1.82, 2.24) is 15.0 Å². The summed E-state index contributed by atoms with van der Waals surface area (Å²) in [7, 11) is 0. The smallest absolute Gasteiger partial charge is 0.309 e. The lowest BCUT2D eigenvalue weighted by Gasteiger charge is -2.08. The van der Waals surface area contributed by atoms with Crippen LogP contribution in [0.15, 0.2) is 23.8 Å². The number of carbonyl (C=O) groups is 1. The number of hydrogen-bond acceptors (Lipinski definition) is 6. The maximum atomic E-state index is 10.7. The molecule has 0 aliphatic rings. The zero-order chi connectivity index (χ0) is 15.7. The number of aliphatic carboxylic acids is 1. The molecule has 3 rings (SSSR count). The summed E-state index contributed by atoms with van der Waals surface area (Å²) in [6, 6.07) is 4.06. The van der Waals surface area contributed by atoms with Gasteiger partial charge in [0.15, 0.2) is 5.13 Å². The molecule has 0 atom stereocenters. The van der Waals surface area contributed by atoms with Crippen LogP contribution in [0.3, 0.4) is 0 Å². The molecule has 22 heavy (non-hydrogen) atoms. The van der Waals surface area contributed by atoms with E-state index in [9.17, 15) is 4.79 Å². The summed E-state index contributed by atoms with van der Waals surface area (Å²) in [5, 5.41) is 15.2. The monoisotopic (exact) mass is 314 g/mol. The summed E-state index contributed by atoms with van der Waals surface area (Å²) in [6.07, 6.45) is 1.42. The molecular weight excluding hydrogens is 300 g/mol. The first-order valence-electron chi connectivity index (χ1n) is 6.68. The van der Waals surface area contributed by atoms with Gasteiger partial charge >= 0.3 is 5.97 Å². The van der Waals surface area contributed by atoms with Crippen molar-refractivity contribution < 1.29 is 9.90 Å². The maximum Gasteiger partial charge on any atom is 0.309 e. The van der Waals surface area contributed by atoms with Crippen LogP contribution in [0.25, 0.3) is 10.9 Å². The number of carboxylic acid groups (broad SMARTS) is 1. The summed E-state index contributed by atoms with van der Waals surface area (Å²) in [5.41, 5.74) is 3.74. The Hall–Kier alpha value is -2.54. The Morgan fingerprint density at radius 1 is 1.27 bits per heavy atom. The van der Waals surface area contributed by atoms with E-state index in [1.807, 2.05) is 26.0 Å². The number of nitrogens with zero attached hydrogens (tertiary/aromatic N) is 3. The molecule has 1 aromatic carbocycles. The van der Waals surface area contributed by atoms with Gasteiger partial charge in [0.05, 0.1) is 17.6 Å². The van der Waals surface area contributed by atoms with E-state index in [-0.39, 0.29) is 6.42 Å². The molecule has 0 aliphatic carbocycles. The van der Waals surface area contributed by atoms with E-state index in [1.54, 1.807) is 5.38 Å². The van der Waals surface area contributed by atoms with Gasteiger partial charge < -0.3 is 10.4 Å². The third-order valence-corrected chi connectivity index (χ3v) is 4.17. The highest BCUT2D eigenvalue weighted by molar-refractivity contribution is 7.13. The number of aryl methyl sites for hydroxylation is 2. The predicted molar refractivity (Wildman–Crippen MR) is 85.7 cm³/mol. The van der Waals surface area contributed by atoms with Crippen molar-refractivity contribution in [3.8, 4) is 0 Å². The average Bonchev–Trinajstić information content (AvgIpc) is 2.87. The van der Waals surface area contributed by atoms with E-state index >= 15 is 0 Å². The third-order valence-electron chi connectivity index (χ3n) is 3.36. The molecule has 0 aliphatic heterocycles. The number of benzene rings is 1. The molecule has 0 saturated carbocycles. The predicted octanol–water partition coefficient (Wildman–Crippen LogP) is 3.07. The SMILES string of the molecule is Cc1cc2ncnc(Nc3nc(CC(=O)O)cs3)c2cc1C. The Morgan fingerprint density at radius 3 is 2.82 bits per heavy atom. The molecule has 2 aromatic heterocycles. The van der Waals surface area contributed by atoms with E-state index in [1.165, 1.54) is 23.2 Å². The van der Waals surface area contributed by atoms with Crippen molar-refractivity contribution in [2.75, 3.05) is 5.32 Å². The number of carboxylic acids is 1. The Kier molecular flexibility index (Phi) is 3.72. The molecule has 0 radical (unpaired) electrons. The van der Waals surface area contributed by atoms with Crippen LogP contribution in [-0.4, -0.2) is 26.0 Å². The molecule has 0 amide bonds. The molecule has 6 nitrogen and oxygen atoms in total. The average molecular weight is 314 g/mol. The van der Waals surface area contributed by atoms with Crippen molar-refractivity contribution in [3.63, 3.8) is 0 Å². The van der Waals surface area contributed by atoms with Crippen molar-refractivity contribution in [1.29, 1.82) is 0 Å². The van der Waals surface area contributed by atoms with E-state index in [2.05, 4.69) is 20.3 Å². The van der Waals surface area contributed by atoms with E-state index in [0.29, 0.717) is 16.6 Å². The maximum absolute atomic E-state index is 10.7. The fourth-order valence-electron chi connectivity index (χ4n) is 2.12. The van der Waals surface area contributed by atoms with Crippen LogP contribution in [0.1, 0.15) is 16.8 Å². The zero-order valence-electron chi connectivity index (χ0n) is 12.1. The molecule has 2 heterocycles. The van der Waals surface area contributed by atoms with E-state index < -0.39 is 5.97 Å². The second kappa shape index (κ2) is 5.69. The molecule has 3 aromatic rings. The van der Waals surface area contributed by atoms with Gasteiger partial charge in [0.1, 0.15) is 12.1 Å². The topological polar surface area (TPSA) is 88.0 Å². The minimum atomic E-state index is -0.893. The summed E-state index contributed by atoms with van der Waals surface area (Å²) < 4.78 is 0. The van der Waals surface area contributed by atoms with Crippen LogP contribution in [0.2, 0.25) is 0 Å². The highest BCUT2D eigenvalue weighted by Gasteiger charge is 2.10. The quantitative estimate of drug-likeness (QED) is 0.769. The number of nitrogens with one attached hydrogen (secondary N) is 1. The molecular formula is C15H14N4O2S. The van der Waals surface area contributed by atoms with Crippen LogP contribution in [0.4, 0.5) is 10.9 Å². The number of rotatable bonds is 4. The van der Waals surface area contributed by atoms with Gasteiger partial charge in [-0.15, -0.1) is 11.3 Å². The zero-order valence-corrected chi connectivity index (χ0v) is 12.9. The van der Waals surface area contributed by atoms with E-state index in [0.717, 1.165) is 16.5 Å². The highest BCUT2D eigenvalue weighted by atomic mass is 32.1. The first kappa shape index (κ1) is 14.4. The Morgan fingerprint density at radius 2 is 2.05 bits per heavy atom. The minimum Gasteiger partial charge on any atom is -0.481 e. The molecule has 2 N–H and O–H groups in total. The first-order chi connectivity index (χ1) is 10.5. The molecule has 112 valence electrons. The lowest BCUT2D eigenvalue weighted by molar-refractivity contribution is -0.136. The van der Waals surface area contributed by atoms with Gasteiger partial charge in [0.2, 0.25) is 0 Å². The van der Waals surface area contributed by atoms with Gasteiger partial charge in [-0.3, -0.25) is 4.79 Å². The van der Waals surface area contributed by atoms with Crippen molar-refractivity contribution in [2.24, 2.45) is 0 Å². The summed E-state index contributed by atoms with van der Waals surface area (Å²) in [4.78, 5) is 23.5. The van der Waals surface area contributed by atoms with Gasteiger partial charge in [0, 0.05) is 10.8 Å². The fraction of sp³-hybridized carbons (Fsp3) is 0.200. The van der Waals surface area contributed by atoms with E-state index in [4.69, 9.17) is 5.11 Å². The second-order valence-electron chi connectivity index (χ2n) is 5.02. The van der Waals surface area contributed by atoms with Crippen LogP contribution in [-0.2, 0) is 11.2 Å². The highest BCUT2D eigenvalue weighted by Crippen LogP contribution is 2.27. The molecule has 7 heteroatoms. The number of thiazole rings is 1. The normalized spacial score (nSPS) is 10.8. The largest absolute Gasteiger partial charge is 0.481 e. The van der Waals surface area contributed by atoms with Gasteiger partial charge in [-0.25, -0.2) is 15.0 Å². The number of anilines is 2. The van der Waals surface area contributed by atoms with Gasteiger partial charge in [-0.2, -0.15) is 0 Å². The number of aromatic nitrogens is 3. The third kappa shape index (κ3) is 2.89. The molecule has 0 spiro atoms. The summed E-state index contributed by atoms with van der Waals surface area (Å²) >= 11 is 1.36. The summed E-state index contributed by atoms with van der Waals surface area (Å²) in [6.45, 7) is 4.09. The summed E-state index contributed by atoms with van der Waals surface area (Å²) in [5.74, 6) is -0.222. The lowest BCUT2D eigenvalue weighted by Crippen LogP contribution is -2.01. The molecule has 0 unspecified atom stereocenters. The Labute approximate surface area is 130 Å². The number of fused-ring (bicyclic) bond motifs is 1. The van der Waals surface area contributed by atoms with Gasteiger partial charge in [-0.1, -0.05) is 0 Å². The number of hydrogen-bond donors (Lipinski definition) is 2. The van der Waals surface area contributed by atoms with Crippen LogP contribution in [0, 0.1) is 13.8 Å². The van der Waals surface area contributed by atoms with Gasteiger partial charge in [-0.05, 0) is 37.1 Å². The Balaban J connectivity index is 1.95. The second-order valence-corrected chi connectivity index (χ2v) is 5.87. The van der Waals surface area contributed by atoms with Crippen molar-refractivity contribution in [2.45, 2.75) is 20.3 Å². The molecule has 0 fully saturated rings. The van der Waals surface area contributed by atoms with Gasteiger partial charge in [0.25, 0.3) is 0 Å². The molecule has 0 bridgehead atoms. The standard InChI is InChI=1S/C15H14N4O2S/c1-8-3-11-12(4-9(8)2)16-7-17-14(11)19-15-18-10(6-22-15)5-13(20)21/h3-4,6-7H,5H2,1-2H3,(H,20,21)(H,16,17,18,19). The lowest BCUT2D eigenvalue weighted by atomic mass is 10.1. The van der Waals surface area contributed by atoms with Crippen LogP contribution >= 0.6 is 11.3 Å². The van der Waals surface area contributed by atoms with Crippen LogP contribution in [0.5, 0.6) is 0 Å². The minimum absolute atomic E-state index is 0.0823. The molecule has 0 saturated heterocycles. The fourth-order valence-corrected chi connectivity index (χ4v) is 2.83. The van der Waals surface area contributed by atoms with Crippen LogP contribution < -0.4 is 5.32 Å². The Bertz CT molecular complexity index is 860. The van der Waals surface area contributed by atoms with Crippen molar-refractivity contribution >= 4 is 39.2 Å². The van der Waals surface area contributed by atoms with Crippen molar-refractivity contribution in [3.05, 3.63) is 40.7 Å². The first-order valence-corrected chi connectivity index (χ1v) is 7.56.